The maximum atomic E-state index is 14.3. The highest BCUT2D eigenvalue weighted by molar-refractivity contribution is 5.93. The van der Waals surface area contributed by atoms with Crippen LogP contribution in [0.25, 0.3) is 11.0 Å². The number of urea groups is 1. The number of likely N-dealkylation sites (tertiary alicyclic amines) is 1. The van der Waals surface area contributed by atoms with Gasteiger partial charge < -0.3 is 20.1 Å². The zero-order valence-electron chi connectivity index (χ0n) is 17.3. The molecule has 0 bridgehead atoms. The molecule has 1 saturated heterocycles. The van der Waals surface area contributed by atoms with Gasteiger partial charge in [0.15, 0.2) is 0 Å². The monoisotopic (exact) mass is 427 g/mol. The van der Waals surface area contributed by atoms with Gasteiger partial charge in [0.25, 0.3) is 0 Å². The second kappa shape index (κ2) is 8.33. The highest BCUT2D eigenvalue weighted by Gasteiger charge is 2.34. The molecule has 1 unspecified atom stereocenters. The number of halogens is 2. The fourth-order valence-corrected chi connectivity index (χ4v) is 4.08. The minimum Gasteiger partial charge on any atom is -0.327 e. The lowest BCUT2D eigenvalue weighted by Crippen LogP contribution is -2.35. The number of imidazole rings is 1. The zero-order chi connectivity index (χ0) is 22.1. The van der Waals surface area contributed by atoms with Crippen molar-refractivity contribution in [1.82, 2.24) is 14.5 Å². The van der Waals surface area contributed by atoms with E-state index < -0.39 is 23.6 Å². The number of nitrogens with one attached hydrogen (secondary N) is 2. The molecular weight excluding hydrogens is 404 g/mol. The molecule has 1 aromatic heterocycles. The van der Waals surface area contributed by atoms with E-state index in [-0.39, 0.29) is 17.4 Å². The van der Waals surface area contributed by atoms with Gasteiger partial charge in [-0.2, -0.15) is 0 Å². The van der Waals surface area contributed by atoms with Gasteiger partial charge in [-0.3, -0.25) is 4.79 Å². The molecule has 2 heterocycles. The van der Waals surface area contributed by atoms with E-state index in [0.717, 1.165) is 35.8 Å². The van der Waals surface area contributed by atoms with Crippen LogP contribution in [0.1, 0.15) is 38.6 Å². The van der Waals surface area contributed by atoms with Gasteiger partial charge in [0.2, 0.25) is 5.91 Å². The van der Waals surface area contributed by atoms with Crippen molar-refractivity contribution >= 4 is 34.3 Å². The smallest absolute Gasteiger partial charge is 0.322 e. The van der Waals surface area contributed by atoms with E-state index >= 15 is 0 Å². The topological polar surface area (TPSA) is 79.3 Å². The molecule has 7 nitrogen and oxygen atoms in total. The molecule has 0 radical (unpaired) electrons. The molecule has 0 aliphatic carbocycles. The normalized spacial score (nSPS) is 16.0. The van der Waals surface area contributed by atoms with E-state index in [1.54, 1.807) is 4.90 Å². The standard InChI is InChI=1S/C22H23F2N5O2/c1-3-28-19-8-5-4-7-16(19)26-21(28)20-9-6-10-29(20)22(31)27-18-12-17(25-13(2)30)14(23)11-15(18)24/h4-5,7-8,11-12,20H,3,6,9-10H2,1-2H3,(H,25,30)(H,27,31). The summed E-state index contributed by atoms with van der Waals surface area (Å²) in [4.78, 5) is 30.6. The zero-order valence-corrected chi connectivity index (χ0v) is 17.3. The molecule has 1 aliphatic rings. The molecule has 1 atom stereocenters. The van der Waals surface area contributed by atoms with E-state index in [2.05, 4.69) is 15.2 Å². The number of benzene rings is 2. The number of para-hydroxylation sites is 2. The van der Waals surface area contributed by atoms with Crippen LogP contribution in [0.3, 0.4) is 0 Å². The lowest BCUT2D eigenvalue weighted by atomic mass is 10.2. The third-order valence-electron chi connectivity index (χ3n) is 5.42. The Balaban J connectivity index is 1.62. The highest BCUT2D eigenvalue weighted by atomic mass is 19.1. The number of hydrogen-bond donors (Lipinski definition) is 2. The van der Waals surface area contributed by atoms with Gasteiger partial charge in [-0.15, -0.1) is 0 Å². The van der Waals surface area contributed by atoms with Crippen LogP contribution >= 0.6 is 0 Å². The first kappa shape index (κ1) is 20.8. The molecule has 0 saturated carbocycles. The summed E-state index contributed by atoms with van der Waals surface area (Å²) in [6, 6.07) is 8.75. The molecule has 162 valence electrons. The molecule has 1 aliphatic heterocycles. The first-order valence-corrected chi connectivity index (χ1v) is 10.2. The van der Waals surface area contributed by atoms with Crippen LogP contribution in [-0.4, -0.2) is 32.9 Å². The van der Waals surface area contributed by atoms with Crippen LogP contribution < -0.4 is 10.6 Å². The van der Waals surface area contributed by atoms with Crippen molar-refractivity contribution in [1.29, 1.82) is 0 Å². The number of aryl methyl sites for hydroxylation is 1. The maximum Gasteiger partial charge on any atom is 0.322 e. The van der Waals surface area contributed by atoms with Gasteiger partial charge in [-0.05, 0) is 38.0 Å². The minimum absolute atomic E-state index is 0.199. The Morgan fingerprint density at radius 3 is 2.55 bits per heavy atom. The molecule has 0 spiro atoms. The summed E-state index contributed by atoms with van der Waals surface area (Å²) in [7, 11) is 0. The first-order valence-electron chi connectivity index (χ1n) is 10.2. The fourth-order valence-electron chi connectivity index (χ4n) is 4.08. The van der Waals surface area contributed by atoms with Crippen molar-refractivity contribution in [3.63, 3.8) is 0 Å². The second-order valence-corrected chi connectivity index (χ2v) is 7.48. The van der Waals surface area contributed by atoms with Crippen molar-refractivity contribution in [3.05, 3.63) is 53.9 Å². The van der Waals surface area contributed by atoms with Crippen LogP contribution in [0, 0.1) is 11.6 Å². The SMILES string of the molecule is CCn1c(C2CCCN2C(=O)Nc2cc(NC(C)=O)c(F)cc2F)nc2ccccc21. The van der Waals surface area contributed by atoms with E-state index in [1.807, 2.05) is 31.2 Å². The summed E-state index contributed by atoms with van der Waals surface area (Å²) < 4.78 is 30.3. The second-order valence-electron chi connectivity index (χ2n) is 7.48. The molecule has 1 fully saturated rings. The number of carbonyl (C=O) groups is 2. The number of hydrogen-bond acceptors (Lipinski definition) is 3. The van der Waals surface area contributed by atoms with Crippen molar-refractivity contribution in [3.8, 4) is 0 Å². The minimum atomic E-state index is -0.920. The average molecular weight is 427 g/mol. The molecule has 31 heavy (non-hydrogen) atoms. The lowest BCUT2D eigenvalue weighted by molar-refractivity contribution is -0.114. The maximum absolute atomic E-state index is 14.3. The van der Waals surface area contributed by atoms with Crippen LogP contribution in [-0.2, 0) is 11.3 Å². The number of fused-ring (bicyclic) bond motifs is 1. The Morgan fingerprint density at radius 1 is 1.13 bits per heavy atom. The van der Waals surface area contributed by atoms with Crippen LogP contribution in [0.15, 0.2) is 36.4 Å². The predicted molar refractivity (Wildman–Crippen MR) is 114 cm³/mol. The molecule has 3 amide bonds. The highest BCUT2D eigenvalue weighted by Crippen LogP contribution is 2.34. The van der Waals surface area contributed by atoms with Gasteiger partial charge in [0, 0.05) is 26.1 Å². The van der Waals surface area contributed by atoms with Crippen molar-refractivity contribution in [2.45, 2.75) is 39.3 Å². The van der Waals surface area contributed by atoms with E-state index in [4.69, 9.17) is 4.98 Å². The molecule has 2 N–H and O–H groups in total. The van der Waals surface area contributed by atoms with Crippen molar-refractivity contribution in [2.75, 3.05) is 17.2 Å². The Kier molecular flexibility index (Phi) is 5.58. The average Bonchev–Trinajstić information content (AvgIpc) is 3.35. The summed E-state index contributed by atoms with van der Waals surface area (Å²) in [6.45, 7) is 4.43. The van der Waals surface area contributed by atoms with Gasteiger partial charge in [0.05, 0.1) is 28.5 Å². The summed E-state index contributed by atoms with van der Waals surface area (Å²) in [5, 5.41) is 4.81. The molecule has 3 aromatic rings. The van der Waals surface area contributed by atoms with Crippen LogP contribution in [0.4, 0.5) is 25.0 Å². The summed E-state index contributed by atoms with van der Waals surface area (Å²) in [5.41, 5.74) is 1.45. The predicted octanol–water partition coefficient (Wildman–Crippen LogP) is 4.66. The third-order valence-corrected chi connectivity index (χ3v) is 5.42. The van der Waals surface area contributed by atoms with Gasteiger partial charge in [0.1, 0.15) is 17.5 Å². The summed E-state index contributed by atoms with van der Waals surface area (Å²) in [5.74, 6) is -1.55. The Morgan fingerprint density at radius 2 is 1.84 bits per heavy atom. The van der Waals surface area contributed by atoms with Gasteiger partial charge in [-0.25, -0.2) is 18.6 Å². The van der Waals surface area contributed by atoms with E-state index in [1.165, 1.54) is 6.92 Å². The number of anilines is 2. The largest absolute Gasteiger partial charge is 0.327 e. The Bertz CT molecular complexity index is 1160. The first-order chi connectivity index (χ1) is 14.9. The number of amides is 3. The quantitative estimate of drug-likeness (QED) is 0.636. The summed E-state index contributed by atoms with van der Waals surface area (Å²) >= 11 is 0. The Hall–Kier alpha value is -3.49. The lowest BCUT2D eigenvalue weighted by Gasteiger charge is -2.25. The summed E-state index contributed by atoms with van der Waals surface area (Å²) in [6.07, 6.45) is 1.52. The number of rotatable bonds is 4. The van der Waals surface area contributed by atoms with Crippen molar-refractivity contribution in [2.24, 2.45) is 0 Å². The number of aromatic nitrogens is 2. The number of nitrogens with zero attached hydrogens (tertiary/aromatic N) is 3. The fraction of sp³-hybridized carbons (Fsp3) is 0.318. The molecule has 9 heteroatoms. The Labute approximate surface area is 178 Å². The van der Waals surface area contributed by atoms with Gasteiger partial charge in [-0.1, -0.05) is 12.1 Å². The molecular formula is C22H23F2N5O2. The van der Waals surface area contributed by atoms with E-state index in [9.17, 15) is 18.4 Å². The molecule has 2 aromatic carbocycles. The van der Waals surface area contributed by atoms with Gasteiger partial charge >= 0.3 is 6.03 Å². The number of carbonyl (C=O) groups excluding carboxylic acids is 2. The van der Waals surface area contributed by atoms with Crippen molar-refractivity contribution < 1.29 is 18.4 Å². The van der Waals surface area contributed by atoms with Crippen LogP contribution in [0.2, 0.25) is 0 Å². The van der Waals surface area contributed by atoms with E-state index in [0.29, 0.717) is 19.2 Å². The van der Waals surface area contributed by atoms with Crippen LogP contribution in [0.5, 0.6) is 0 Å². The molecule has 4 rings (SSSR count). The third kappa shape index (κ3) is 3.95.